The average Bonchev–Trinajstić information content (AvgIpc) is 1.58. The first-order chi connectivity index (χ1) is 4.52. The molecule has 0 spiro atoms. The molecule has 0 saturated carbocycles. The number of allylic oxidation sites excluding steroid dienone is 3. The van der Waals surface area contributed by atoms with Crippen LogP contribution in [0.3, 0.4) is 0 Å². The van der Waals surface area contributed by atoms with Gasteiger partial charge >= 0.3 is 0 Å². The molecule has 0 aromatic heterocycles. The third-order valence-corrected chi connectivity index (χ3v) is 1.27. The standard InChI is InChI=1S/C9H15Cl/c1-7(2)5-9(10)6-8(3)4/h5,8H,1,6H2,2-4H3. The van der Waals surface area contributed by atoms with E-state index in [1.165, 1.54) is 0 Å². The molecule has 0 bridgehead atoms. The van der Waals surface area contributed by atoms with Crippen molar-refractivity contribution in [1.82, 2.24) is 0 Å². The monoisotopic (exact) mass is 158 g/mol. The molecule has 0 rings (SSSR count). The van der Waals surface area contributed by atoms with Gasteiger partial charge in [-0.3, -0.25) is 0 Å². The summed E-state index contributed by atoms with van der Waals surface area (Å²) >= 11 is 5.87. The second-order valence-corrected chi connectivity index (χ2v) is 3.52. The van der Waals surface area contributed by atoms with Gasteiger partial charge in [0.15, 0.2) is 0 Å². The lowest BCUT2D eigenvalue weighted by Crippen LogP contribution is -1.85. The minimum absolute atomic E-state index is 0.628. The number of hydrogen-bond donors (Lipinski definition) is 0. The predicted octanol–water partition coefficient (Wildman–Crippen LogP) is 3.73. The smallest absolute Gasteiger partial charge is 0.0185 e. The van der Waals surface area contributed by atoms with Gasteiger partial charge in [0, 0.05) is 5.03 Å². The molecule has 0 aromatic carbocycles. The molecule has 0 atom stereocenters. The summed E-state index contributed by atoms with van der Waals surface area (Å²) in [6.07, 6.45) is 2.87. The Morgan fingerprint density at radius 3 is 2.40 bits per heavy atom. The normalized spacial score (nSPS) is 12.3. The SMILES string of the molecule is C=C(C)C=C(Cl)CC(C)C. The lowest BCUT2D eigenvalue weighted by molar-refractivity contribution is 0.657. The quantitative estimate of drug-likeness (QED) is 0.549. The van der Waals surface area contributed by atoms with Crippen molar-refractivity contribution in [3.05, 3.63) is 23.3 Å². The van der Waals surface area contributed by atoms with Crippen LogP contribution in [0, 0.1) is 5.92 Å². The van der Waals surface area contributed by atoms with Crippen LogP contribution in [0.15, 0.2) is 23.3 Å². The van der Waals surface area contributed by atoms with E-state index in [1.807, 2.05) is 13.0 Å². The third kappa shape index (κ3) is 5.90. The molecule has 0 nitrogen and oxygen atoms in total. The highest BCUT2D eigenvalue weighted by molar-refractivity contribution is 6.29. The first-order valence-electron chi connectivity index (χ1n) is 3.54. The Kier molecular flexibility index (Phi) is 4.46. The highest BCUT2D eigenvalue weighted by atomic mass is 35.5. The molecule has 0 radical (unpaired) electrons. The van der Waals surface area contributed by atoms with E-state index in [2.05, 4.69) is 20.4 Å². The maximum Gasteiger partial charge on any atom is 0.0185 e. The van der Waals surface area contributed by atoms with Crippen molar-refractivity contribution in [3.63, 3.8) is 0 Å². The van der Waals surface area contributed by atoms with E-state index in [1.54, 1.807) is 0 Å². The minimum Gasteiger partial charge on any atom is -0.0961 e. The van der Waals surface area contributed by atoms with Crippen molar-refractivity contribution in [1.29, 1.82) is 0 Å². The highest BCUT2D eigenvalue weighted by Gasteiger charge is 1.96. The molecule has 0 N–H and O–H groups in total. The van der Waals surface area contributed by atoms with Crippen LogP contribution in [0.1, 0.15) is 27.2 Å². The number of halogens is 1. The van der Waals surface area contributed by atoms with Crippen molar-refractivity contribution in [3.8, 4) is 0 Å². The molecule has 0 fully saturated rings. The van der Waals surface area contributed by atoms with E-state index < -0.39 is 0 Å². The van der Waals surface area contributed by atoms with E-state index in [0.717, 1.165) is 17.0 Å². The van der Waals surface area contributed by atoms with E-state index in [0.29, 0.717) is 5.92 Å². The fourth-order valence-electron chi connectivity index (χ4n) is 0.716. The first-order valence-corrected chi connectivity index (χ1v) is 3.91. The van der Waals surface area contributed by atoms with Crippen LogP contribution in [0.2, 0.25) is 0 Å². The van der Waals surface area contributed by atoms with Crippen molar-refractivity contribution < 1.29 is 0 Å². The molecule has 0 amide bonds. The molecule has 0 aromatic rings. The Morgan fingerprint density at radius 2 is 2.10 bits per heavy atom. The lowest BCUT2D eigenvalue weighted by atomic mass is 10.1. The minimum atomic E-state index is 0.628. The maximum absolute atomic E-state index is 5.87. The molecule has 1 heteroatoms. The van der Waals surface area contributed by atoms with Crippen molar-refractivity contribution in [2.24, 2.45) is 5.92 Å². The van der Waals surface area contributed by atoms with Crippen LogP contribution in [0.25, 0.3) is 0 Å². The topological polar surface area (TPSA) is 0 Å². The van der Waals surface area contributed by atoms with Gasteiger partial charge in [-0.05, 0) is 25.3 Å². The zero-order valence-electron chi connectivity index (χ0n) is 6.95. The van der Waals surface area contributed by atoms with Gasteiger partial charge in [0.05, 0.1) is 0 Å². The summed E-state index contributed by atoms with van der Waals surface area (Å²) in [4.78, 5) is 0. The fourth-order valence-corrected chi connectivity index (χ4v) is 1.21. The van der Waals surface area contributed by atoms with Crippen molar-refractivity contribution in [2.45, 2.75) is 27.2 Å². The summed E-state index contributed by atoms with van der Waals surface area (Å²) < 4.78 is 0. The fraction of sp³-hybridized carbons (Fsp3) is 0.556. The maximum atomic E-state index is 5.87. The third-order valence-electron chi connectivity index (χ3n) is 1.01. The van der Waals surface area contributed by atoms with Crippen LogP contribution in [0.5, 0.6) is 0 Å². The van der Waals surface area contributed by atoms with Gasteiger partial charge in [0.25, 0.3) is 0 Å². The molecule has 0 aliphatic heterocycles. The average molecular weight is 159 g/mol. The summed E-state index contributed by atoms with van der Waals surface area (Å²) in [6.45, 7) is 9.98. The summed E-state index contributed by atoms with van der Waals surface area (Å²) in [5, 5.41) is 0.905. The van der Waals surface area contributed by atoms with Gasteiger partial charge in [-0.1, -0.05) is 37.6 Å². The summed E-state index contributed by atoms with van der Waals surface area (Å²) in [6, 6.07) is 0. The second-order valence-electron chi connectivity index (χ2n) is 3.04. The molecule has 0 aliphatic rings. The molecule has 10 heavy (non-hydrogen) atoms. The highest BCUT2D eigenvalue weighted by Crippen LogP contribution is 2.15. The molecule has 0 heterocycles. The first kappa shape index (κ1) is 9.77. The van der Waals surface area contributed by atoms with Gasteiger partial charge < -0.3 is 0 Å². The molecule has 0 saturated heterocycles. The van der Waals surface area contributed by atoms with Crippen LogP contribution in [-0.4, -0.2) is 0 Å². The van der Waals surface area contributed by atoms with Crippen LogP contribution in [-0.2, 0) is 0 Å². The van der Waals surface area contributed by atoms with Crippen molar-refractivity contribution >= 4 is 11.6 Å². The Balaban J connectivity index is 3.83. The Hall–Kier alpha value is -0.230. The van der Waals surface area contributed by atoms with Gasteiger partial charge in [0.2, 0.25) is 0 Å². The van der Waals surface area contributed by atoms with Gasteiger partial charge in [-0.25, -0.2) is 0 Å². The van der Waals surface area contributed by atoms with E-state index in [9.17, 15) is 0 Å². The van der Waals surface area contributed by atoms with Crippen molar-refractivity contribution in [2.75, 3.05) is 0 Å². The van der Waals surface area contributed by atoms with Gasteiger partial charge in [0.1, 0.15) is 0 Å². The molecular formula is C9H15Cl. The number of hydrogen-bond acceptors (Lipinski definition) is 0. The number of rotatable bonds is 3. The second kappa shape index (κ2) is 4.56. The molecular weight excluding hydrogens is 144 g/mol. The van der Waals surface area contributed by atoms with Crippen LogP contribution >= 0.6 is 11.6 Å². The van der Waals surface area contributed by atoms with E-state index in [4.69, 9.17) is 11.6 Å². The zero-order chi connectivity index (χ0) is 8.15. The zero-order valence-corrected chi connectivity index (χ0v) is 7.70. The van der Waals surface area contributed by atoms with Crippen LogP contribution in [0.4, 0.5) is 0 Å². The summed E-state index contributed by atoms with van der Waals surface area (Å²) in [5.41, 5.74) is 1.02. The molecule has 0 unspecified atom stereocenters. The van der Waals surface area contributed by atoms with Gasteiger partial charge in [-0.15, -0.1) is 0 Å². The largest absolute Gasteiger partial charge is 0.0961 e. The predicted molar refractivity (Wildman–Crippen MR) is 48.2 cm³/mol. The van der Waals surface area contributed by atoms with E-state index >= 15 is 0 Å². The summed E-state index contributed by atoms with van der Waals surface area (Å²) in [5.74, 6) is 0.628. The Labute approximate surface area is 68.6 Å². The Bertz CT molecular complexity index is 143. The van der Waals surface area contributed by atoms with Crippen LogP contribution < -0.4 is 0 Å². The molecule has 58 valence electrons. The van der Waals surface area contributed by atoms with E-state index in [-0.39, 0.29) is 0 Å². The lowest BCUT2D eigenvalue weighted by Gasteiger charge is -2.01. The van der Waals surface area contributed by atoms with Gasteiger partial charge in [-0.2, -0.15) is 0 Å². The summed E-state index contributed by atoms with van der Waals surface area (Å²) in [7, 11) is 0. The Morgan fingerprint density at radius 1 is 1.60 bits per heavy atom. The molecule has 0 aliphatic carbocycles.